The summed E-state index contributed by atoms with van der Waals surface area (Å²) in [4.78, 5) is 4.50. The second kappa shape index (κ2) is 5.60. The Kier molecular flexibility index (Phi) is 3.64. The Labute approximate surface area is 124 Å². The zero-order valence-corrected chi connectivity index (χ0v) is 12.6. The van der Waals surface area contributed by atoms with Crippen LogP contribution >= 0.6 is 0 Å². The maximum Gasteiger partial charge on any atom is 0.157 e. The van der Waals surface area contributed by atoms with Crippen LogP contribution < -0.4 is 5.32 Å². The van der Waals surface area contributed by atoms with E-state index in [4.69, 9.17) is 4.42 Å². The molecule has 0 aliphatic carbocycles. The highest BCUT2D eigenvalue weighted by Crippen LogP contribution is 2.16. The lowest BCUT2D eigenvalue weighted by molar-refractivity contribution is 0.494. The van der Waals surface area contributed by atoms with Gasteiger partial charge in [-0.25, -0.2) is 4.98 Å². The highest BCUT2D eigenvalue weighted by molar-refractivity contribution is 5.50. The van der Waals surface area contributed by atoms with Crippen molar-refractivity contribution in [2.45, 2.75) is 39.7 Å². The lowest BCUT2D eigenvalue weighted by Gasteiger charge is -2.15. The number of nitrogens with one attached hydrogen (secondary N) is 1. The fourth-order valence-corrected chi connectivity index (χ4v) is 2.46. The number of furan rings is 1. The number of nitrogens with zero attached hydrogens (tertiary/aromatic N) is 3. The van der Waals surface area contributed by atoms with Crippen LogP contribution in [0.25, 0.3) is 5.65 Å². The molecule has 0 spiro atoms. The standard InChI is InChI=1S/C16H20N4O/c1-11(6-7-14-5-4-8-21-14)17-15-9-12(2)18-16-10-13(3)19-20(15)16/h4-5,8-11,17H,6-7H2,1-3H3/t11-/m1/s1. The maximum absolute atomic E-state index is 5.37. The first-order valence-electron chi connectivity index (χ1n) is 7.25. The number of rotatable bonds is 5. The predicted octanol–water partition coefficient (Wildman–Crippen LogP) is 3.37. The predicted molar refractivity (Wildman–Crippen MR) is 82.6 cm³/mol. The van der Waals surface area contributed by atoms with Crippen molar-refractivity contribution in [2.24, 2.45) is 0 Å². The molecular weight excluding hydrogens is 264 g/mol. The van der Waals surface area contributed by atoms with Gasteiger partial charge >= 0.3 is 0 Å². The maximum atomic E-state index is 5.37. The number of fused-ring (bicyclic) bond motifs is 1. The molecule has 1 N–H and O–H groups in total. The Morgan fingerprint density at radius 1 is 1.29 bits per heavy atom. The van der Waals surface area contributed by atoms with Crippen LogP contribution in [0.15, 0.2) is 34.9 Å². The van der Waals surface area contributed by atoms with Gasteiger partial charge in [0.15, 0.2) is 5.65 Å². The van der Waals surface area contributed by atoms with Gasteiger partial charge in [0, 0.05) is 30.3 Å². The summed E-state index contributed by atoms with van der Waals surface area (Å²) in [5.74, 6) is 2.01. The lowest BCUT2D eigenvalue weighted by Crippen LogP contribution is -2.18. The number of aromatic nitrogens is 3. The molecule has 0 amide bonds. The summed E-state index contributed by atoms with van der Waals surface area (Å²) in [5.41, 5.74) is 2.84. The summed E-state index contributed by atoms with van der Waals surface area (Å²) in [5, 5.41) is 8.01. The Morgan fingerprint density at radius 2 is 2.14 bits per heavy atom. The van der Waals surface area contributed by atoms with Crippen molar-refractivity contribution in [1.29, 1.82) is 0 Å². The summed E-state index contributed by atoms with van der Waals surface area (Å²) in [6, 6.07) is 8.28. The first-order chi connectivity index (χ1) is 10.1. The van der Waals surface area contributed by atoms with Gasteiger partial charge in [-0.15, -0.1) is 0 Å². The van der Waals surface area contributed by atoms with E-state index in [1.54, 1.807) is 6.26 Å². The van der Waals surface area contributed by atoms with Crippen LogP contribution in [0, 0.1) is 13.8 Å². The minimum Gasteiger partial charge on any atom is -0.469 e. The van der Waals surface area contributed by atoms with Crippen LogP contribution in [0.1, 0.15) is 30.5 Å². The number of hydrogen-bond acceptors (Lipinski definition) is 4. The largest absolute Gasteiger partial charge is 0.469 e. The van der Waals surface area contributed by atoms with Gasteiger partial charge in [0.25, 0.3) is 0 Å². The van der Waals surface area contributed by atoms with Crippen molar-refractivity contribution in [3.05, 3.63) is 47.7 Å². The summed E-state index contributed by atoms with van der Waals surface area (Å²) < 4.78 is 7.24. The number of hydrogen-bond donors (Lipinski definition) is 1. The van der Waals surface area contributed by atoms with Crippen LogP contribution in [0.5, 0.6) is 0 Å². The molecule has 5 nitrogen and oxygen atoms in total. The van der Waals surface area contributed by atoms with E-state index in [0.29, 0.717) is 6.04 Å². The Hall–Kier alpha value is -2.30. The third-order valence-corrected chi connectivity index (χ3v) is 3.48. The lowest BCUT2D eigenvalue weighted by atomic mass is 10.1. The van der Waals surface area contributed by atoms with Gasteiger partial charge in [0.05, 0.1) is 12.0 Å². The van der Waals surface area contributed by atoms with E-state index in [2.05, 4.69) is 22.3 Å². The van der Waals surface area contributed by atoms with Crippen LogP contribution in [-0.4, -0.2) is 20.6 Å². The average molecular weight is 284 g/mol. The van der Waals surface area contributed by atoms with Crippen molar-refractivity contribution in [2.75, 3.05) is 5.32 Å². The molecule has 0 fully saturated rings. The molecule has 3 heterocycles. The summed E-state index contributed by atoms with van der Waals surface area (Å²) in [6.45, 7) is 6.15. The smallest absolute Gasteiger partial charge is 0.157 e. The van der Waals surface area contributed by atoms with Crippen molar-refractivity contribution in [3.8, 4) is 0 Å². The molecule has 0 saturated heterocycles. The molecule has 110 valence electrons. The molecular formula is C16H20N4O. The molecule has 3 rings (SSSR count). The second-order valence-corrected chi connectivity index (χ2v) is 5.50. The summed E-state index contributed by atoms with van der Waals surface area (Å²) in [7, 11) is 0. The molecule has 3 aromatic rings. The minimum absolute atomic E-state index is 0.324. The highest BCUT2D eigenvalue weighted by Gasteiger charge is 2.10. The molecule has 0 aliphatic rings. The Morgan fingerprint density at radius 3 is 2.90 bits per heavy atom. The minimum atomic E-state index is 0.324. The van der Waals surface area contributed by atoms with E-state index in [9.17, 15) is 0 Å². The van der Waals surface area contributed by atoms with E-state index in [0.717, 1.165) is 41.5 Å². The molecule has 0 saturated carbocycles. The van der Waals surface area contributed by atoms with Crippen LogP contribution in [0.4, 0.5) is 5.82 Å². The van der Waals surface area contributed by atoms with Gasteiger partial charge in [-0.1, -0.05) is 0 Å². The van der Waals surface area contributed by atoms with Gasteiger partial charge in [0.1, 0.15) is 11.6 Å². The zero-order chi connectivity index (χ0) is 14.8. The molecule has 0 unspecified atom stereocenters. The normalized spacial score (nSPS) is 12.7. The van der Waals surface area contributed by atoms with E-state index >= 15 is 0 Å². The highest BCUT2D eigenvalue weighted by atomic mass is 16.3. The van der Waals surface area contributed by atoms with Gasteiger partial charge in [-0.05, 0) is 39.3 Å². The molecule has 0 aliphatic heterocycles. The Balaban J connectivity index is 1.74. The average Bonchev–Trinajstić information content (AvgIpc) is 3.04. The topological polar surface area (TPSA) is 55.4 Å². The monoisotopic (exact) mass is 284 g/mol. The van der Waals surface area contributed by atoms with Crippen molar-refractivity contribution in [1.82, 2.24) is 14.6 Å². The van der Waals surface area contributed by atoms with E-state index in [1.807, 2.05) is 42.6 Å². The van der Waals surface area contributed by atoms with E-state index in [1.165, 1.54) is 0 Å². The first-order valence-corrected chi connectivity index (χ1v) is 7.25. The van der Waals surface area contributed by atoms with Crippen LogP contribution in [0.2, 0.25) is 0 Å². The summed E-state index contributed by atoms with van der Waals surface area (Å²) >= 11 is 0. The molecule has 5 heteroatoms. The zero-order valence-electron chi connectivity index (χ0n) is 12.6. The number of anilines is 1. The van der Waals surface area contributed by atoms with Crippen LogP contribution in [0.3, 0.4) is 0 Å². The second-order valence-electron chi connectivity index (χ2n) is 5.50. The molecule has 0 bridgehead atoms. The number of aryl methyl sites for hydroxylation is 3. The molecule has 0 radical (unpaired) electrons. The molecule has 0 aromatic carbocycles. The van der Waals surface area contributed by atoms with Crippen molar-refractivity contribution < 1.29 is 4.42 Å². The third kappa shape index (κ3) is 3.07. The van der Waals surface area contributed by atoms with Crippen molar-refractivity contribution >= 4 is 11.5 Å². The Bertz CT molecular complexity index is 730. The van der Waals surface area contributed by atoms with Gasteiger partial charge in [-0.2, -0.15) is 9.61 Å². The SMILES string of the molecule is Cc1cc(N[C@H](C)CCc2ccco2)n2nc(C)cc2n1. The molecule has 1 atom stereocenters. The van der Waals surface area contributed by atoms with E-state index in [-0.39, 0.29) is 0 Å². The van der Waals surface area contributed by atoms with Gasteiger partial charge < -0.3 is 9.73 Å². The third-order valence-electron chi connectivity index (χ3n) is 3.48. The summed E-state index contributed by atoms with van der Waals surface area (Å²) in [6.07, 6.45) is 3.64. The fraction of sp³-hybridized carbons (Fsp3) is 0.375. The molecule has 21 heavy (non-hydrogen) atoms. The first kappa shape index (κ1) is 13.7. The van der Waals surface area contributed by atoms with Crippen LogP contribution in [-0.2, 0) is 6.42 Å². The van der Waals surface area contributed by atoms with Gasteiger partial charge in [0.2, 0.25) is 0 Å². The van der Waals surface area contributed by atoms with Crippen molar-refractivity contribution in [3.63, 3.8) is 0 Å². The van der Waals surface area contributed by atoms with Gasteiger partial charge in [-0.3, -0.25) is 0 Å². The van der Waals surface area contributed by atoms with E-state index < -0.39 is 0 Å². The molecule has 3 aromatic heterocycles. The quantitative estimate of drug-likeness (QED) is 0.780. The fourth-order valence-electron chi connectivity index (χ4n) is 2.46.